The molecular formula is C22H16ClN3O5S. The number of carbonyl (C=O) groups is 1. The van der Waals surface area contributed by atoms with Crippen molar-refractivity contribution in [1.82, 2.24) is 4.57 Å². The molecule has 0 amide bonds. The summed E-state index contributed by atoms with van der Waals surface area (Å²) in [5.41, 5.74) is 1.44. The van der Waals surface area contributed by atoms with Gasteiger partial charge in [0.05, 0.1) is 33.9 Å². The molecule has 0 N–H and O–H groups in total. The second-order valence-corrected chi connectivity index (χ2v) is 8.42. The molecule has 0 spiro atoms. The topological polar surface area (TPSA) is 104 Å². The maximum atomic E-state index is 13.4. The third-order valence-corrected chi connectivity index (χ3v) is 6.23. The lowest BCUT2D eigenvalue weighted by Gasteiger charge is -2.24. The Kier molecular flexibility index (Phi) is 5.77. The molecule has 0 aliphatic carbocycles. The van der Waals surface area contributed by atoms with E-state index in [4.69, 9.17) is 16.3 Å². The Bertz CT molecular complexity index is 1450. The summed E-state index contributed by atoms with van der Waals surface area (Å²) in [6.45, 7) is 1.69. The molecule has 0 saturated heterocycles. The molecule has 162 valence electrons. The van der Waals surface area contributed by atoms with Crippen molar-refractivity contribution in [2.45, 2.75) is 13.0 Å². The fourth-order valence-corrected chi connectivity index (χ4v) is 4.71. The zero-order valence-corrected chi connectivity index (χ0v) is 18.5. The van der Waals surface area contributed by atoms with Gasteiger partial charge in [0.2, 0.25) is 0 Å². The normalized spacial score (nSPS) is 15.8. The summed E-state index contributed by atoms with van der Waals surface area (Å²) >= 11 is 7.17. The highest BCUT2D eigenvalue weighted by Gasteiger charge is 2.33. The first kappa shape index (κ1) is 21.7. The number of rotatable bonds is 4. The summed E-state index contributed by atoms with van der Waals surface area (Å²) in [4.78, 5) is 41.5. The monoisotopic (exact) mass is 469 g/mol. The van der Waals surface area contributed by atoms with Crippen LogP contribution in [0.5, 0.6) is 0 Å². The van der Waals surface area contributed by atoms with Crippen LogP contribution in [0.3, 0.4) is 0 Å². The van der Waals surface area contributed by atoms with Crippen LogP contribution in [-0.2, 0) is 9.53 Å². The summed E-state index contributed by atoms with van der Waals surface area (Å²) in [6, 6.07) is 12.1. The fourth-order valence-electron chi connectivity index (χ4n) is 3.53. The number of thiazole rings is 1. The Morgan fingerprint density at radius 1 is 1.28 bits per heavy atom. The number of non-ortho nitro benzene ring substituents is 1. The summed E-state index contributed by atoms with van der Waals surface area (Å²) < 4.78 is 6.74. The standard InChI is InChI=1S/C22H16ClN3O5S/c1-12-18(21(28)31-2)19(14-6-8-15(23)9-7-14)25-20(27)17(32-22(25)24-12)11-13-4-3-5-16(10-13)26(29)30/h3-11,19H,1-2H3/b17-11-. The lowest BCUT2D eigenvalue weighted by atomic mass is 9.96. The molecule has 32 heavy (non-hydrogen) atoms. The molecule has 0 saturated carbocycles. The van der Waals surface area contributed by atoms with E-state index in [2.05, 4.69) is 4.99 Å². The molecule has 0 radical (unpaired) electrons. The van der Waals surface area contributed by atoms with Crippen LogP contribution in [0, 0.1) is 10.1 Å². The molecule has 1 aliphatic rings. The van der Waals surface area contributed by atoms with Gasteiger partial charge < -0.3 is 4.74 Å². The minimum Gasteiger partial charge on any atom is -0.466 e. The molecule has 10 heteroatoms. The largest absolute Gasteiger partial charge is 0.466 e. The van der Waals surface area contributed by atoms with Crippen molar-refractivity contribution in [1.29, 1.82) is 0 Å². The minimum absolute atomic E-state index is 0.0746. The van der Waals surface area contributed by atoms with Crippen LogP contribution in [-0.4, -0.2) is 22.6 Å². The van der Waals surface area contributed by atoms with Crippen molar-refractivity contribution < 1.29 is 14.5 Å². The smallest absolute Gasteiger partial charge is 0.338 e. The molecule has 2 aromatic carbocycles. The molecule has 8 nitrogen and oxygen atoms in total. The number of hydrogen-bond donors (Lipinski definition) is 0. The molecule has 4 rings (SSSR count). The lowest BCUT2D eigenvalue weighted by molar-refractivity contribution is -0.384. The summed E-state index contributed by atoms with van der Waals surface area (Å²) in [6.07, 6.45) is 1.58. The molecule has 3 aromatic rings. The summed E-state index contributed by atoms with van der Waals surface area (Å²) in [5.74, 6) is -0.584. The van der Waals surface area contributed by atoms with E-state index in [0.717, 1.165) is 11.3 Å². The van der Waals surface area contributed by atoms with Gasteiger partial charge in [-0.3, -0.25) is 19.5 Å². The van der Waals surface area contributed by atoms with Crippen LogP contribution >= 0.6 is 22.9 Å². The Morgan fingerprint density at radius 2 is 2.00 bits per heavy atom. The second-order valence-electron chi connectivity index (χ2n) is 6.98. The van der Waals surface area contributed by atoms with Crippen molar-refractivity contribution in [2.75, 3.05) is 7.11 Å². The zero-order chi connectivity index (χ0) is 23.0. The summed E-state index contributed by atoms with van der Waals surface area (Å²) in [7, 11) is 1.27. The van der Waals surface area contributed by atoms with E-state index in [1.54, 1.807) is 49.4 Å². The molecule has 1 aromatic heterocycles. The van der Waals surface area contributed by atoms with Crippen molar-refractivity contribution in [2.24, 2.45) is 4.99 Å². The van der Waals surface area contributed by atoms with Crippen molar-refractivity contribution >= 4 is 40.7 Å². The molecule has 1 atom stereocenters. The predicted octanol–water partition coefficient (Wildman–Crippen LogP) is 2.97. The number of fused-ring (bicyclic) bond motifs is 1. The zero-order valence-electron chi connectivity index (χ0n) is 16.9. The number of benzene rings is 2. The molecule has 0 fully saturated rings. The predicted molar refractivity (Wildman–Crippen MR) is 120 cm³/mol. The minimum atomic E-state index is -0.747. The van der Waals surface area contributed by atoms with Gasteiger partial charge in [0.15, 0.2) is 4.80 Å². The number of nitro benzene ring substituents is 1. The molecule has 1 aliphatic heterocycles. The van der Waals surface area contributed by atoms with Crippen LogP contribution in [0.2, 0.25) is 5.02 Å². The van der Waals surface area contributed by atoms with Gasteiger partial charge >= 0.3 is 5.97 Å². The fraction of sp³-hybridized carbons (Fsp3) is 0.136. The Balaban J connectivity index is 1.95. The highest BCUT2D eigenvalue weighted by molar-refractivity contribution is 7.07. The Labute approximate surface area is 190 Å². The van der Waals surface area contributed by atoms with Gasteiger partial charge in [-0.2, -0.15) is 0 Å². The van der Waals surface area contributed by atoms with E-state index in [1.165, 1.54) is 23.8 Å². The number of esters is 1. The number of nitrogens with zero attached hydrogens (tertiary/aromatic N) is 3. The Hall–Kier alpha value is -3.56. The van der Waals surface area contributed by atoms with Gasteiger partial charge in [0.1, 0.15) is 0 Å². The van der Waals surface area contributed by atoms with Gasteiger partial charge in [-0.1, -0.05) is 47.2 Å². The van der Waals surface area contributed by atoms with E-state index in [0.29, 0.717) is 31.2 Å². The molecular weight excluding hydrogens is 454 g/mol. The van der Waals surface area contributed by atoms with Crippen LogP contribution in [0.4, 0.5) is 5.69 Å². The highest BCUT2D eigenvalue weighted by atomic mass is 35.5. The first-order valence-corrected chi connectivity index (χ1v) is 10.6. The van der Waals surface area contributed by atoms with Crippen LogP contribution < -0.4 is 14.9 Å². The number of ether oxygens (including phenoxy) is 1. The maximum Gasteiger partial charge on any atom is 0.338 e. The number of nitro groups is 1. The first-order chi connectivity index (χ1) is 15.3. The van der Waals surface area contributed by atoms with E-state index in [9.17, 15) is 19.7 Å². The third-order valence-electron chi connectivity index (χ3n) is 4.99. The number of halogens is 1. The van der Waals surface area contributed by atoms with Gasteiger partial charge in [-0.05, 0) is 36.3 Å². The average molecular weight is 470 g/mol. The maximum absolute atomic E-state index is 13.4. The van der Waals surface area contributed by atoms with E-state index < -0.39 is 16.9 Å². The van der Waals surface area contributed by atoms with E-state index in [-0.39, 0.29) is 16.8 Å². The second kappa shape index (κ2) is 8.52. The SMILES string of the molecule is COC(=O)C1=C(C)N=c2s/c(=C\c3cccc([N+](=O)[O-])c3)c(=O)n2C1c1ccc(Cl)cc1. The van der Waals surface area contributed by atoms with Gasteiger partial charge in [0.25, 0.3) is 11.2 Å². The van der Waals surface area contributed by atoms with Gasteiger partial charge in [-0.15, -0.1) is 0 Å². The summed E-state index contributed by atoms with van der Waals surface area (Å²) in [5, 5.41) is 11.6. The molecule has 1 unspecified atom stereocenters. The number of carbonyl (C=O) groups excluding carboxylic acids is 1. The van der Waals surface area contributed by atoms with E-state index >= 15 is 0 Å². The molecule has 2 heterocycles. The van der Waals surface area contributed by atoms with Crippen LogP contribution in [0.25, 0.3) is 6.08 Å². The number of allylic oxidation sites excluding steroid dienone is 1. The van der Waals surface area contributed by atoms with Crippen LogP contribution in [0.15, 0.2) is 69.6 Å². The van der Waals surface area contributed by atoms with Gasteiger partial charge in [-0.25, -0.2) is 9.79 Å². The van der Waals surface area contributed by atoms with E-state index in [1.807, 2.05) is 0 Å². The lowest BCUT2D eigenvalue weighted by Crippen LogP contribution is -2.39. The van der Waals surface area contributed by atoms with Gasteiger partial charge in [0, 0.05) is 17.2 Å². The van der Waals surface area contributed by atoms with Crippen molar-refractivity contribution in [3.8, 4) is 0 Å². The van der Waals surface area contributed by atoms with Crippen LogP contribution in [0.1, 0.15) is 24.1 Å². The average Bonchev–Trinajstić information content (AvgIpc) is 3.07. The number of methoxy groups -OCH3 is 1. The number of aromatic nitrogens is 1. The van der Waals surface area contributed by atoms with Crippen molar-refractivity contribution in [3.05, 3.63) is 106 Å². The number of hydrogen-bond acceptors (Lipinski definition) is 7. The highest BCUT2D eigenvalue weighted by Crippen LogP contribution is 2.31. The first-order valence-electron chi connectivity index (χ1n) is 9.41. The molecule has 0 bridgehead atoms. The van der Waals surface area contributed by atoms with Crippen molar-refractivity contribution in [3.63, 3.8) is 0 Å². The quantitative estimate of drug-likeness (QED) is 0.332. The Morgan fingerprint density at radius 3 is 2.66 bits per heavy atom. The third kappa shape index (κ3) is 3.88.